The van der Waals surface area contributed by atoms with E-state index in [2.05, 4.69) is 4.72 Å². The number of hydrogen-bond acceptors (Lipinski definition) is 3. The molecule has 1 atom stereocenters. The van der Waals surface area contributed by atoms with Gasteiger partial charge in [-0.2, -0.15) is 0 Å². The highest BCUT2D eigenvalue weighted by Gasteiger charge is 2.21. The number of nitrogens with one attached hydrogen (secondary N) is 1. The molecule has 108 valence electrons. The van der Waals surface area contributed by atoms with Crippen LogP contribution in [0.3, 0.4) is 0 Å². The van der Waals surface area contributed by atoms with Gasteiger partial charge in [0.25, 0.3) is 0 Å². The maximum Gasteiger partial charge on any atom is 0.241 e. The fourth-order valence-electron chi connectivity index (χ4n) is 2.09. The molecule has 5 heteroatoms. The molecule has 1 aromatic carbocycles. The quantitative estimate of drug-likeness (QED) is 0.868. The van der Waals surface area contributed by atoms with Gasteiger partial charge >= 0.3 is 0 Å². The van der Waals surface area contributed by atoms with Gasteiger partial charge in [0.15, 0.2) is 0 Å². The van der Waals surface area contributed by atoms with Crippen molar-refractivity contribution in [3.8, 4) is 0 Å². The van der Waals surface area contributed by atoms with E-state index in [1.165, 1.54) is 0 Å². The highest BCUT2D eigenvalue weighted by Crippen LogP contribution is 2.21. The summed E-state index contributed by atoms with van der Waals surface area (Å²) in [5.74, 6) is 0.0166. The van der Waals surface area contributed by atoms with E-state index in [-0.39, 0.29) is 12.5 Å². The second-order valence-electron chi connectivity index (χ2n) is 5.39. The topological polar surface area (TPSA) is 66.4 Å². The summed E-state index contributed by atoms with van der Waals surface area (Å²) in [6, 6.07) is 3.70. The maximum absolute atomic E-state index is 12.3. The Balaban J connectivity index is 3.02. The zero-order valence-electron chi connectivity index (χ0n) is 12.2. The van der Waals surface area contributed by atoms with Crippen molar-refractivity contribution in [2.24, 2.45) is 5.92 Å². The van der Waals surface area contributed by atoms with Crippen molar-refractivity contribution in [2.75, 3.05) is 6.54 Å². The van der Waals surface area contributed by atoms with Crippen LogP contribution < -0.4 is 4.72 Å². The molecule has 0 saturated heterocycles. The van der Waals surface area contributed by atoms with Gasteiger partial charge in [0.2, 0.25) is 10.0 Å². The standard InChI is InChI=1S/C14H23NO3S/c1-9(2)13(16)8-15-19(17,18)14-11(4)6-10(3)7-12(14)5/h6-7,9,13,15-16H,8H2,1-5H3. The van der Waals surface area contributed by atoms with Crippen molar-refractivity contribution < 1.29 is 13.5 Å². The number of hydrogen-bond donors (Lipinski definition) is 2. The van der Waals surface area contributed by atoms with Crippen LogP contribution in [0.5, 0.6) is 0 Å². The molecule has 0 bridgehead atoms. The van der Waals surface area contributed by atoms with Crippen molar-refractivity contribution in [1.29, 1.82) is 0 Å². The molecule has 1 aromatic rings. The Hall–Kier alpha value is -0.910. The summed E-state index contributed by atoms with van der Waals surface area (Å²) in [6.07, 6.45) is -0.680. The number of sulfonamides is 1. The second-order valence-corrected chi connectivity index (χ2v) is 7.09. The van der Waals surface area contributed by atoms with Gasteiger partial charge in [-0.25, -0.2) is 13.1 Å². The van der Waals surface area contributed by atoms with Gasteiger partial charge in [0, 0.05) is 6.54 Å². The van der Waals surface area contributed by atoms with E-state index in [4.69, 9.17) is 0 Å². The molecular weight excluding hydrogens is 262 g/mol. The van der Waals surface area contributed by atoms with Crippen LogP contribution in [0.1, 0.15) is 30.5 Å². The molecule has 4 nitrogen and oxygen atoms in total. The molecule has 0 amide bonds. The van der Waals surface area contributed by atoms with E-state index in [0.29, 0.717) is 4.90 Å². The Labute approximate surface area is 115 Å². The Kier molecular flexibility index (Phi) is 5.12. The number of rotatable bonds is 5. The molecule has 0 aliphatic heterocycles. The van der Waals surface area contributed by atoms with Crippen LogP contribution in [0.25, 0.3) is 0 Å². The molecule has 0 aromatic heterocycles. The lowest BCUT2D eigenvalue weighted by molar-refractivity contribution is 0.129. The normalized spacial score (nSPS) is 13.8. The molecule has 0 heterocycles. The van der Waals surface area contributed by atoms with Crippen LogP contribution >= 0.6 is 0 Å². The van der Waals surface area contributed by atoms with E-state index in [0.717, 1.165) is 16.7 Å². The van der Waals surface area contributed by atoms with Crippen LogP contribution in [-0.2, 0) is 10.0 Å². The molecule has 1 rings (SSSR count). The van der Waals surface area contributed by atoms with Gasteiger partial charge in [-0.05, 0) is 37.8 Å². The Morgan fingerprint density at radius 2 is 1.63 bits per heavy atom. The van der Waals surface area contributed by atoms with Crippen molar-refractivity contribution in [2.45, 2.75) is 45.6 Å². The van der Waals surface area contributed by atoms with Gasteiger partial charge < -0.3 is 5.11 Å². The van der Waals surface area contributed by atoms with Gasteiger partial charge in [-0.15, -0.1) is 0 Å². The summed E-state index contributed by atoms with van der Waals surface area (Å²) in [7, 11) is -3.58. The van der Waals surface area contributed by atoms with Crippen LogP contribution in [0.2, 0.25) is 0 Å². The van der Waals surface area contributed by atoms with Gasteiger partial charge in [0.1, 0.15) is 0 Å². The fraction of sp³-hybridized carbons (Fsp3) is 0.571. The zero-order valence-corrected chi connectivity index (χ0v) is 13.0. The average molecular weight is 285 g/mol. The largest absolute Gasteiger partial charge is 0.391 e. The molecule has 0 spiro atoms. The molecule has 2 N–H and O–H groups in total. The second kappa shape index (κ2) is 6.03. The first kappa shape index (κ1) is 16.1. The fourth-order valence-corrected chi connectivity index (χ4v) is 3.59. The lowest BCUT2D eigenvalue weighted by Crippen LogP contribution is -2.35. The molecular formula is C14H23NO3S. The van der Waals surface area contributed by atoms with E-state index < -0.39 is 16.1 Å². The van der Waals surface area contributed by atoms with Crippen LogP contribution in [0.15, 0.2) is 17.0 Å². The summed E-state index contributed by atoms with van der Waals surface area (Å²) in [5.41, 5.74) is 2.49. The SMILES string of the molecule is Cc1cc(C)c(S(=O)(=O)NCC(O)C(C)C)c(C)c1. The smallest absolute Gasteiger partial charge is 0.241 e. The van der Waals surface area contributed by atoms with Crippen LogP contribution in [0.4, 0.5) is 0 Å². The monoisotopic (exact) mass is 285 g/mol. The first-order valence-electron chi connectivity index (χ1n) is 6.40. The highest BCUT2D eigenvalue weighted by atomic mass is 32.2. The van der Waals surface area contributed by atoms with Crippen molar-refractivity contribution in [3.05, 3.63) is 28.8 Å². The van der Waals surface area contributed by atoms with Crippen molar-refractivity contribution in [3.63, 3.8) is 0 Å². The van der Waals surface area contributed by atoms with E-state index in [1.54, 1.807) is 13.8 Å². The maximum atomic E-state index is 12.3. The first-order valence-corrected chi connectivity index (χ1v) is 7.89. The molecule has 19 heavy (non-hydrogen) atoms. The minimum Gasteiger partial charge on any atom is -0.391 e. The summed E-state index contributed by atoms with van der Waals surface area (Å²) >= 11 is 0. The zero-order chi connectivity index (χ0) is 14.8. The predicted molar refractivity (Wildman–Crippen MR) is 76.7 cm³/mol. The molecule has 1 unspecified atom stereocenters. The lowest BCUT2D eigenvalue weighted by atomic mass is 10.1. The van der Waals surface area contributed by atoms with Gasteiger partial charge in [-0.3, -0.25) is 0 Å². The lowest BCUT2D eigenvalue weighted by Gasteiger charge is -2.17. The van der Waals surface area contributed by atoms with Gasteiger partial charge in [0.05, 0.1) is 11.0 Å². The van der Waals surface area contributed by atoms with Crippen molar-refractivity contribution >= 4 is 10.0 Å². The molecule has 0 aliphatic rings. The van der Waals surface area contributed by atoms with Crippen molar-refractivity contribution in [1.82, 2.24) is 4.72 Å². The van der Waals surface area contributed by atoms with Crippen LogP contribution in [-0.4, -0.2) is 26.2 Å². The predicted octanol–water partition coefficient (Wildman–Crippen LogP) is 1.91. The Bertz CT molecular complexity index is 527. The minimum atomic E-state index is -3.58. The number of aliphatic hydroxyl groups is 1. The third-order valence-corrected chi connectivity index (χ3v) is 4.85. The third kappa shape index (κ3) is 4.03. The van der Waals surface area contributed by atoms with E-state index in [1.807, 2.05) is 32.9 Å². The third-order valence-electron chi connectivity index (χ3n) is 3.13. The summed E-state index contributed by atoms with van der Waals surface area (Å²) in [5, 5.41) is 9.69. The summed E-state index contributed by atoms with van der Waals surface area (Å²) in [6.45, 7) is 9.24. The molecule has 0 radical (unpaired) electrons. The number of aryl methyl sites for hydroxylation is 3. The summed E-state index contributed by atoms with van der Waals surface area (Å²) < 4.78 is 27.1. The number of aliphatic hydroxyl groups excluding tert-OH is 1. The average Bonchev–Trinajstić information content (AvgIpc) is 2.23. The van der Waals surface area contributed by atoms with E-state index >= 15 is 0 Å². The van der Waals surface area contributed by atoms with Crippen LogP contribution in [0, 0.1) is 26.7 Å². The minimum absolute atomic E-state index is 0.0166. The molecule has 0 aliphatic carbocycles. The molecule has 0 saturated carbocycles. The van der Waals surface area contributed by atoms with Gasteiger partial charge in [-0.1, -0.05) is 31.5 Å². The first-order chi connectivity index (χ1) is 8.65. The van der Waals surface area contributed by atoms with E-state index in [9.17, 15) is 13.5 Å². The number of benzene rings is 1. The molecule has 0 fully saturated rings. The Morgan fingerprint density at radius 1 is 1.16 bits per heavy atom. The Morgan fingerprint density at radius 3 is 2.05 bits per heavy atom. The highest BCUT2D eigenvalue weighted by molar-refractivity contribution is 7.89. The summed E-state index contributed by atoms with van der Waals surface area (Å²) in [4.78, 5) is 0.314.